The summed E-state index contributed by atoms with van der Waals surface area (Å²) >= 11 is 0. The van der Waals surface area contributed by atoms with Crippen molar-refractivity contribution in [3.05, 3.63) is 24.2 Å². The molecule has 1 aliphatic rings. The molecule has 0 spiro atoms. The predicted molar refractivity (Wildman–Crippen MR) is 89.1 cm³/mol. The Balaban J connectivity index is 1.88. The molecular weight excluding hydrogens is 358 g/mol. The number of aliphatic hydroxyl groups excluding tert-OH is 2. The fourth-order valence-corrected chi connectivity index (χ4v) is 2.93. The zero-order valence-corrected chi connectivity index (χ0v) is 14.6. The third-order valence-electron chi connectivity index (χ3n) is 4.18. The van der Waals surface area contributed by atoms with Gasteiger partial charge in [-0.1, -0.05) is 0 Å². The molecular formula is C16H19N5O6. The molecule has 3 heterocycles. The van der Waals surface area contributed by atoms with Crippen LogP contribution in [-0.4, -0.2) is 62.0 Å². The zero-order chi connectivity index (χ0) is 19.8. The fraction of sp³-hybridized carbons (Fsp3) is 0.500. The summed E-state index contributed by atoms with van der Waals surface area (Å²) in [5, 5.41) is 34.6. The lowest BCUT2D eigenvalue weighted by molar-refractivity contribution is -0.0737. The van der Waals surface area contributed by atoms with Gasteiger partial charge in [-0.2, -0.15) is 10.4 Å². The van der Waals surface area contributed by atoms with E-state index < -0.39 is 36.7 Å². The van der Waals surface area contributed by atoms with Crippen LogP contribution in [0.5, 0.6) is 0 Å². The van der Waals surface area contributed by atoms with E-state index in [-0.39, 0.29) is 17.6 Å². The Hall–Kier alpha value is -2.94. The third-order valence-corrected chi connectivity index (χ3v) is 4.18. The molecule has 0 amide bonds. The summed E-state index contributed by atoms with van der Waals surface area (Å²) in [6.07, 6.45) is -4.39. The standard InChI is InChI=1S/C16H19N5O6/c1-8(2)26-15(24)25-5-10-12(22)13(23)16(6-17,27-10)11-4-3-9-14(18)19-7-20-21(9)11/h3-4,7-8,10,12-13,22-23H,5H2,1-2H3,(H2,18,19,20)/t10-,12+,13-,16+/m1/s1. The average Bonchev–Trinajstić information content (AvgIpc) is 3.15. The zero-order valence-electron chi connectivity index (χ0n) is 14.6. The molecule has 11 nitrogen and oxygen atoms in total. The van der Waals surface area contributed by atoms with Crippen molar-refractivity contribution in [3.63, 3.8) is 0 Å². The molecule has 0 aliphatic carbocycles. The molecule has 144 valence electrons. The van der Waals surface area contributed by atoms with Gasteiger partial charge < -0.3 is 30.2 Å². The molecule has 0 radical (unpaired) electrons. The quantitative estimate of drug-likeness (QED) is 0.603. The van der Waals surface area contributed by atoms with Crippen molar-refractivity contribution in [2.75, 3.05) is 12.3 Å². The van der Waals surface area contributed by atoms with Gasteiger partial charge in [0.05, 0.1) is 11.8 Å². The Bertz CT molecular complexity index is 893. The maximum absolute atomic E-state index is 11.5. The lowest BCUT2D eigenvalue weighted by Gasteiger charge is -2.24. The van der Waals surface area contributed by atoms with E-state index in [9.17, 15) is 20.3 Å². The highest BCUT2D eigenvalue weighted by molar-refractivity contribution is 5.66. The molecule has 1 saturated heterocycles. The van der Waals surface area contributed by atoms with Gasteiger partial charge in [0.2, 0.25) is 5.60 Å². The number of carbonyl (C=O) groups excluding carboxylic acids is 1. The molecule has 11 heteroatoms. The van der Waals surface area contributed by atoms with Crippen molar-refractivity contribution in [1.82, 2.24) is 14.6 Å². The number of nitriles is 1. The number of fused-ring (bicyclic) bond motifs is 1. The minimum absolute atomic E-state index is 0.160. The molecule has 2 aromatic heterocycles. The number of nitrogen functional groups attached to an aromatic ring is 1. The van der Waals surface area contributed by atoms with E-state index in [2.05, 4.69) is 10.1 Å². The van der Waals surface area contributed by atoms with Gasteiger partial charge in [-0.05, 0) is 26.0 Å². The number of aliphatic hydroxyl groups is 2. The Kier molecular flexibility index (Phi) is 4.88. The van der Waals surface area contributed by atoms with Crippen molar-refractivity contribution in [2.24, 2.45) is 0 Å². The normalized spacial score (nSPS) is 27.6. The smallest absolute Gasteiger partial charge is 0.432 e. The Morgan fingerprint density at radius 1 is 1.52 bits per heavy atom. The number of aromatic nitrogens is 3. The first kappa shape index (κ1) is 18.8. The molecule has 1 aliphatic heterocycles. The van der Waals surface area contributed by atoms with Crippen molar-refractivity contribution in [2.45, 2.75) is 43.9 Å². The first-order valence-electron chi connectivity index (χ1n) is 8.17. The van der Waals surface area contributed by atoms with Crippen LogP contribution in [0.2, 0.25) is 0 Å². The Morgan fingerprint density at radius 3 is 2.93 bits per heavy atom. The van der Waals surface area contributed by atoms with Gasteiger partial charge >= 0.3 is 6.16 Å². The molecule has 0 unspecified atom stereocenters. The largest absolute Gasteiger partial charge is 0.508 e. The van der Waals surface area contributed by atoms with E-state index in [1.807, 2.05) is 6.07 Å². The van der Waals surface area contributed by atoms with Crippen LogP contribution in [-0.2, 0) is 19.8 Å². The molecule has 2 aromatic rings. The summed E-state index contributed by atoms with van der Waals surface area (Å²) in [4.78, 5) is 15.4. The second kappa shape index (κ2) is 6.99. The summed E-state index contributed by atoms with van der Waals surface area (Å²) in [5.74, 6) is 0.175. The van der Waals surface area contributed by atoms with Crippen LogP contribution >= 0.6 is 0 Å². The number of carbonyl (C=O) groups is 1. The van der Waals surface area contributed by atoms with E-state index in [0.29, 0.717) is 5.52 Å². The lowest BCUT2D eigenvalue weighted by atomic mass is 9.92. The summed E-state index contributed by atoms with van der Waals surface area (Å²) in [6.45, 7) is 2.89. The minimum Gasteiger partial charge on any atom is -0.432 e. The predicted octanol–water partition coefficient (Wildman–Crippen LogP) is -0.287. The first-order chi connectivity index (χ1) is 12.8. The van der Waals surface area contributed by atoms with Crippen molar-refractivity contribution in [3.8, 4) is 6.07 Å². The minimum atomic E-state index is -1.94. The number of nitrogens with zero attached hydrogens (tertiary/aromatic N) is 4. The van der Waals surface area contributed by atoms with E-state index >= 15 is 0 Å². The van der Waals surface area contributed by atoms with Gasteiger partial charge in [-0.15, -0.1) is 0 Å². The Morgan fingerprint density at radius 2 is 2.26 bits per heavy atom. The third kappa shape index (κ3) is 3.14. The van der Waals surface area contributed by atoms with Gasteiger partial charge in [-0.3, -0.25) is 0 Å². The molecule has 0 saturated carbocycles. The second-order valence-electron chi connectivity index (χ2n) is 6.33. The van der Waals surface area contributed by atoms with Crippen LogP contribution in [0.1, 0.15) is 19.5 Å². The molecule has 0 aromatic carbocycles. The second-order valence-corrected chi connectivity index (χ2v) is 6.33. The van der Waals surface area contributed by atoms with Crippen LogP contribution in [0.25, 0.3) is 5.52 Å². The highest BCUT2D eigenvalue weighted by Gasteiger charge is 2.57. The molecule has 3 rings (SSSR count). The maximum atomic E-state index is 11.5. The number of anilines is 1. The van der Waals surface area contributed by atoms with Crippen molar-refractivity contribution >= 4 is 17.5 Å². The van der Waals surface area contributed by atoms with Crippen LogP contribution in [0.15, 0.2) is 18.5 Å². The van der Waals surface area contributed by atoms with E-state index in [0.717, 1.165) is 0 Å². The topological polar surface area (TPSA) is 165 Å². The van der Waals surface area contributed by atoms with Gasteiger partial charge in [0, 0.05) is 0 Å². The van der Waals surface area contributed by atoms with Gasteiger partial charge in [0.15, 0.2) is 5.82 Å². The SMILES string of the molecule is CC(C)OC(=O)OC[C@H]1O[C@@](C#N)(c2ccc3c(N)ncnn23)[C@H](O)[C@H]1O. The van der Waals surface area contributed by atoms with E-state index in [1.54, 1.807) is 19.9 Å². The number of rotatable bonds is 4. The molecule has 1 fully saturated rings. The summed E-state index contributed by atoms with van der Waals surface area (Å²) in [5.41, 5.74) is 4.41. The molecule has 4 atom stereocenters. The van der Waals surface area contributed by atoms with E-state index in [4.69, 9.17) is 19.9 Å². The summed E-state index contributed by atoms with van der Waals surface area (Å²) < 4.78 is 16.7. The van der Waals surface area contributed by atoms with Crippen molar-refractivity contribution < 1.29 is 29.2 Å². The highest BCUT2D eigenvalue weighted by atomic mass is 16.7. The molecule has 4 N–H and O–H groups in total. The molecule has 0 bridgehead atoms. The maximum Gasteiger partial charge on any atom is 0.508 e. The number of nitrogens with two attached hydrogens (primary N) is 1. The Labute approximate surface area is 153 Å². The fourth-order valence-electron chi connectivity index (χ4n) is 2.93. The van der Waals surface area contributed by atoms with E-state index in [1.165, 1.54) is 16.9 Å². The number of hydrogen-bond donors (Lipinski definition) is 3. The lowest BCUT2D eigenvalue weighted by Crippen LogP contribution is -2.41. The average molecular weight is 377 g/mol. The van der Waals surface area contributed by atoms with Gasteiger partial charge in [-0.25, -0.2) is 14.3 Å². The van der Waals surface area contributed by atoms with Gasteiger partial charge in [0.1, 0.15) is 42.8 Å². The van der Waals surface area contributed by atoms with Crippen LogP contribution in [0.3, 0.4) is 0 Å². The summed E-state index contributed by atoms with van der Waals surface area (Å²) in [6, 6.07) is 4.96. The first-order valence-corrected chi connectivity index (χ1v) is 8.17. The van der Waals surface area contributed by atoms with Crippen LogP contribution < -0.4 is 5.73 Å². The van der Waals surface area contributed by atoms with Gasteiger partial charge in [0.25, 0.3) is 0 Å². The summed E-state index contributed by atoms with van der Waals surface area (Å²) in [7, 11) is 0. The highest BCUT2D eigenvalue weighted by Crippen LogP contribution is 2.40. The number of hydrogen-bond acceptors (Lipinski definition) is 10. The monoisotopic (exact) mass is 377 g/mol. The molecule has 27 heavy (non-hydrogen) atoms. The van der Waals surface area contributed by atoms with Crippen LogP contribution in [0, 0.1) is 11.3 Å². The van der Waals surface area contributed by atoms with Crippen molar-refractivity contribution in [1.29, 1.82) is 5.26 Å². The van der Waals surface area contributed by atoms with Crippen LogP contribution in [0.4, 0.5) is 10.6 Å². The number of ether oxygens (including phenoxy) is 3.